The Bertz CT molecular complexity index is 623. The molecule has 0 unspecified atom stereocenters. The zero-order chi connectivity index (χ0) is 16.3. The molecule has 2 amide bonds. The van der Waals surface area contributed by atoms with Crippen molar-refractivity contribution in [3.05, 3.63) is 54.2 Å². The monoisotopic (exact) mass is 314 g/mol. The summed E-state index contributed by atoms with van der Waals surface area (Å²) in [5.74, 6) is 0.534. The molecule has 0 fully saturated rings. The maximum absolute atomic E-state index is 11.8. The molecule has 0 aliphatic heterocycles. The number of carbonyl (C=O) groups is 1. The lowest BCUT2D eigenvalue weighted by Gasteiger charge is -2.03. The second-order valence-corrected chi connectivity index (χ2v) is 4.96. The molecule has 0 saturated heterocycles. The zero-order valence-electron chi connectivity index (χ0n) is 13.2. The Labute approximate surface area is 136 Å². The van der Waals surface area contributed by atoms with Gasteiger partial charge >= 0.3 is 6.03 Å². The fourth-order valence-corrected chi connectivity index (χ4v) is 2.00. The van der Waals surface area contributed by atoms with Crippen LogP contribution in [0.2, 0.25) is 0 Å². The Kier molecular flexibility index (Phi) is 6.87. The SMILES string of the molecule is COCCCn1ccc(NC(=O)NC/C=C/c2ccccc2)n1. The topological polar surface area (TPSA) is 68.2 Å². The maximum atomic E-state index is 11.8. The molecule has 0 aliphatic rings. The Morgan fingerprint density at radius 2 is 2.13 bits per heavy atom. The number of carbonyl (C=O) groups excluding carboxylic acids is 1. The van der Waals surface area contributed by atoms with Crippen LogP contribution >= 0.6 is 0 Å². The highest BCUT2D eigenvalue weighted by molar-refractivity contribution is 5.88. The average molecular weight is 314 g/mol. The van der Waals surface area contributed by atoms with Crippen LogP contribution < -0.4 is 10.6 Å². The van der Waals surface area contributed by atoms with Gasteiger partial charge in [-0.05, 0) is 12.0 Å². The van der Waals surface area contributed by atoms with Gasteiger partial charge in [0.05, 0.1) is 0 Å². The first-order chi connectivity index (χ1) is 11.3. The third-order valence-electron chi connectivity index (χ3n) is 3.11. The van der Waals surface area contributed by atoms with Crippen LogP contribution in [0.1, 0.15) is 12.0 Å². The molecule has 0 aliphatic carbocycles. The molecule has 1 aromatic heterocycles. The molecule has 2 rings (SSSR count). The lowest BCUT2D eigenvalue weighted by Crippen LogP contribution is -2.28. The van der Waals surface area contributed by atoms with Gasteiger partial charge in [0.2, 0.25) is 0 Å². The Morgan fingerprint density at radius 1 is 1.30 bits per heavy atom. The van der Waals surface area contributed by atoms with Crippen molar-refractivity contribution in [3.63, 3.8) is 0 Å². The van der Waals surface area contributed by atoms with Crippen molar-refractivity contribution < 1.29 is 9.53 Å². The minimum absolute atomic E-state index is 0.273. The number of hydrogen-bond donors (Lipinski definition) is 2. The highest BCUT2D eigenvalue weighted by Crippen LogP contribution is 2.03. The third-order valence-corrected chi connectivity index (χ3v) is 3.11. The molecule has 1 aromatic carbocycles. The summed E-state index contributed by atoms with van der Waals surface area (Å²) < 4.78 is 6.78. The van der Waals surface area contributed by atoms with Crippen molar-refractivity contribution in [2.24, 2.45) is 0 Å². The van der Waals surface area contributed by atoms with Crippen LogP contribution in [-0.2, 0) is 11.3 Å². The highest BCUT2D eigenvalue weighted by atomic mass is 16.5. The number of rotatable bonds is 8. The zero-order valence-corrected chi connectivity index (χ0v) is 13.2. The van der Waals surface area contributed by atoms with Gasteiger partial charge in [0.1, 0.15) is 0 Å². The molecule has 0 saturated carbocycles. The van der Waals surface area contributed by atoms with E-state index in [1.54, 1.807) is 17.9 Å². The van der Waals surface area contributed by atoms with E-state index in [4.69, 9.17) is 4.74 Å². The Balaban J connectivity index is 1.69. The van der Waals surface area contributed by atoms with Gasteiger partial charge < -0.3 is 10.1 Å². The normalized spacial score (nSPS) is 10.8. The quantitative estimate of drug-likeness (QED) is 0.736. The van der Waals surface area contributed by atoms with Gasteiger partial charge in [-0.2, -0.15) is 5.10 Å². The number of aryl methyl sites for hydroxylation is 1. The van der Waals surface area contributed by atoms with Crippen LogP contribution in [0.3, 0.4) is 0 Å². The van der Waals surface area contributed by atoms with Gasteiger partial charge in [0.15, 0.2) is 5.82 Å². The number of amides is 2. The smallest absolute Gasteiger partial charge is 0.320 e. The number of nitrogens with one attached hydrogen (secondary N) is 2. The number of ether oxygens (including phenoxy) is 1. The van der Waals surface area contributed by atoms with E-state index < -0.39 is 0 Å². The van der Waals surface area contributed by atoms with Gasteiger partial charge in [0.25, 0.3) is 0 Å². The van der Waals surface area contributed by atoms with E-state index in [2.05, 4.69) is 15.7 Å². The van der Waals surface area contributed by atoms with Crippen molar-refractivity contribution in [1.82, 2.24) is 15.1 Å². The molecule has 0 spiro atoms. The summed E-state index contributed by atoms with van der Waals surface area (Å²) in [6.45, 7) is 1.91. The molecular formula is C17H22N4O2. The first-order valence-electron chi connectivity index (χ1n) is 7.57. The molecule has 0 radical (unpaired) electrons. The number of urea groups is 1. The summed E-state index contributed by atoms with van der Waals surface area (Å²) in [4.78, 5) is 11.8. The maximum Gasteiger partial charge on any atom is 0.320 e. The largest absolute Gasteiger partial charge is 0.385 e. The standard InChI is InChI=1S/C17H22N4O2/c1-23-14-6-12-21-13-10-16(20-21)19-17(22)18-11-5-9-15-7-3-2-4-8-15/h2-5,7-10,13H,6,11-12,14H2,1H3,(H2,18,19,20,22)/b9-5+. The van der Waals surface area contributed by atoms with Crippen LogP contribution in [0.25, 0.3) is 6.08 Å². The number of nitrogens with zero attached hydrogens (tertiary/aromatic N) is 2. The minimum atomic E-state index is -0.273. The summed E-state index contributed by atoms with van der Waals surface area (Å²) in [6.07, 6.45) is 6.58. The Morgan fingerprint density at radius 3 is 2.91 bits per heavy atom. The number of anilines is 1. The molecule has 122 valence electrons. The molecular weight excluding hydrogens is 292 g/mol. The number of methoxy groups -OCH3 is 1. The molecule has 0 atom stereocenters. The first-order valence-corrected chi connectivity index (χ1v) is 7.57. The van der Waals surface area contributed by atoms with E-state index in [0.29, 0.717) is 19.0 Å². The predicted octanol–water partition coefficient (Wildman–Crippen LogP) is 2.75. The molecule has 6 nitrogen and oxygen atoms in total. The van der Waals surface area contributed by atoms with Crippen molar-refractivity contribution in [2.45, 2.75) is 13.0 Å². The predicted molar refractivity (Wildman–Crippen MR) is 91.2 cm³/mol. The third kappa shape index (κ3) is 6.36. The van der Waals surface area contributed by atoms with Gasteiger partial charge in [-0.1, -0.05) is 42.5 Å². The van der Waals surface area contributed by atoms with E-state index in [1.807, 2.05) is 48.7 Å². The minimum Gasteiger partial charge on any atom is -0.385 e. The molecule has 23 heavy (non-hydrogen) atoms. The van der Waals surface area contributed by atoms with E-state index in [0.717, 1.165) is 18.5 Å². The molecule has 0 bridgehead atoms. The second-order valence-electron chi connectivity index (χ2n) is 4.96. The Hall–Kier alpha value is -2.60. The first kappa shape index (κ1) is 16.8. The van der Waals surface area contributed by atoms with E-state index in [9.17, 15) is 4.79 Å². The molecule has 2 N–H and O–H groups in total. The van der Waals surface area contributed by atoms with E-state index in [-0.39, 0.29) is 6.03 Å². The van der Waals surface area contributed by atoms with Crippen LogP contribution in [0.5, 0.6) is 0 Å². The van der Waals surface area contributed by atoms with E-state index in [1.165, 1.54) is 0 Å². The summed E-state index contributed by atoms with van der Waals surface area (Å²) in [7, 11) is 1.67. The van der Waals surface area contributed by atoms with Crippen LogP contribution in [0, 0.1) is 0 Å². The summed E-state index contributed by atoms with van der Waals surface area (Å²) in [5, 5.41) is 9.73. The van der Waals surface area contributed by atoms with Crippen LogP contribution in [0.15, 0.2) is 48.7 Å². The fourth-order valence-electron chi connectivity index (χ4n) is 2.00. The van der Waals surface area contributed by atoms with E-state index >= 15 is 0 Å². The van der Waals surface area contributed by atoms with Gasteiger partial charge in [-0.15, -0.1) is 0 Å². The number of benzene rings is 1. The van der Waals surface area contributed by atoms with Crippen molar-refractivity contribution in [3.8, 4) is 0 Å². The lowest BCUT2D eigenvalue weighted by atomic mass is 10.2. The van der Waals surface area contributed by atoms with Crippen molar-refractivity contribution in [2.75, 3.05) is 25.6 Å². The average Bonchev–Trinajstić information content (AvgIpc) is 3.00. The number of aromatic nitrogens is 2. The van der Waals surface area contributed by atoms with Gasteiger partial charge in [0, 0.05) is 39.1 Å². The molecule has 2 aromatic rings. The molecule has 6 heteroatoms. The summed E-state index contributed by atoms with van der Waals surface area (Å²) in [5.41, 5.74) is 1.10. The summed E-state index contributed by atoms with van der Waals surface area (Å²) >= 11 is 0. The van der Waals surface area contributed by atoms with Gasteiger partial charge in [-0.25, -0.2) is 4.79 Å². The molecule has 1 heterocycles. The van der Waals surface area contributed by atoms with Crippen molar-refractivity contribution >= 4 is 17.9 Å². The van der Waals surface area contributed by atoms with Crippen LogP contribution in [0.4, 0.5) is 10.6 Å². The second kappa shape index (κ2) is 9.42. The highest BCUT2D eigenvalue weighted by Gasteiger charge is 2.03. The van der Waals surface area contributed by atoms with Crippen LogP contribution in [-0.4, -0.2) is 36.1 Å². The van der Waals surface area contributed by atoms with Crippen molar-refractivity contribution in [1.29, 1.82) is 0 Å². The number of hydrogen-bond acceptors (Lipinski definition) is 3. The fraction of sp³-hybridized carbons (Fsp3) is 0.294. The van der Waals surface area contributed by atoms with Gasteiger partial charge in [-0.3, -0.25) is 10.00 Å². The summed E-state index contributed by atoms with van der Waals surface area (Å²) in [6, 6.07) is 11.4. The lowest BCUT2D eigenvalue weighted by molar-refractivity contribution is 0.189.